The van der Waals surface area contributed by atoms with Gasteiger partial charge >= 0.3 is 0 Å². The van der Waals surface area contributed by atoms with Gasteiger partial charge in [-0.25, -0.2) is 5.43 Å². The maximum absolute atomic E-state index is 9.52. The average Bonchev–Trinajstić information content (AvgIpc) is 2.19. The van der Waals surface area contributed by atoms with Crippen molar-refractivity contribution in [3.8, 4) is 0 Å². The summed E-state index contributed by atoms with van der Waals surface area (Å²) in [5, 5.41) is 6.16. The molecule has 0 bridgehead atoms. The number of hydrogen-bond acceptors (Lipinski definition) is 3. The van der Waals surface area contributed by atoms with Crippen molar-refractivity contribution in [2.24, 2.45) is 5.29 Å². The number of anilines is 1. The minimum absolute atomic E-state index is 0.755. The Morgan fingerprint density at radius 1 is 1.75 bits per heavy atom. The van der Waals surface area contributed by atoms with Crippen LogP contribution in [-0.2, 0) is 0 Å². The molecule has 0 fully saturated rings. The third-order valence-corrected chi connectivity index (χ3v) is 1.38. The summed E-state index contributed by atoms with van der Waals surface area (Å²) in [5.74, 6) is 0. The molecule has 0 unspecified atom stereocenters. The van der Waals surface area contributed by atoms with Crippen LogP contribution in [0.2, 0.25) is 0 Å². The second-order valence-corrected chi connectivity index (χ2v) is 2.00. The fourth-order valence-electron chi connectivity index (χ4n) is 0.381. The first-order valence-corrected chi connectivity index (χ1v) is 2.98. The molecule has 0 aliphatic carbocycles. The van der Waals surface area contributed by atoms with Crippen molar-refractivity contribution in [1.29, 1.82) is 0 Å². The zero-order chi connectivity index (χ0) is 5.82. The van der Waals surface area contributed by atoms with Crippen LogP contribution in [-0.4, -0.2) is 0 Å². The Kier molecular flexibility index (Phi) is 1.58. The molecule has 3 nitrogen and oxygen atoms in total. The van der Waals surface area contributed by atoms with E-state index in [4.69, 9.17) is 0 Å². The Balaban J connectivity index is 2.62. The molecule has 0 aliphatic heterocycles. The van der Waals surface area contributed by atoms with Crippen LogP contribution in [0.4, 0.5) is 5.69 Å². The number of hydrogen-bond donors (Lipinski definition) is 1. The minimum atomic E-state index is 0.755. The lowest BCUT2D eigenvalue weighted by Crippen LogP contribution is -1.79. The molecular weight excluding hydrogens is 124 g/mol. The van der Waals surface area contributed by atoms with Crippen LogP contribution in [0.15, 0.2) is 22.1 Å². The molecule has 0 aromatic carbocycles. The van der Waals surface area contributed by atoms with Crippen LogP contribution < -0.4 is 5.43 Å². The fourth-order valence-corrected chi connectivity index (χ4v) is 0.962. The third-order valence-electron chi connectivity index (χ3n) is 0.696. The van der Waals surface area contributed by atoms with Gasteiger partial charge in [-0.05, 0) is 11.4 Å². The van der Waals surface area contributed by atoms with Gasteiger partial charge in [0.1, 0.15) is 0 Å². The zero-order valence-corrected chi connectivity index (χ0v) is 4.81. The topological polar surface area (TPSA) is 41.5 Å². The van der Waals surface area contributed by atoms with Crippen molar-refractivity contribution in [1.82, 2.24) is 0 Å². The summed E-state index contributed by atoms with van der Waals surface area (Å²) in [6, 6.07) is 1.78. The van der Waals surface area contributed by atoms with Gasteiger partial charge in [0.2, 0.25) is 0 Å². The van der Waals surface area contributed by atoms with E-state index in [0.717, 1.165) is 5.69 Å². The normalized spacial score (nSPS) is 8.50. The molecule has 1 aromatic rings. The van der Waals surface area contributed by atoms with E-state index < -0.39 is 0 Å². The van der Waals surface area contributed by atoms with Gasteiger partial charge in [0.05, 0.1) is 11.0 Å². The molecule has 0 aliphatic rings. The van der Waals surface area contributed by atoms with Crippen LogP contribution in [0, 0.1) is 4.91 Å². The molecule has 1 aromatic heterocycles. The van der Waals surface area contributed by atoms with Gasteiger partial charge in [0, 0.05) is 5.38 Å². The molecule has 0 amide bonds. The van der Waals surface area contributed by atoms with Crippen molar-refractivity contribution in [2.45, 2.75) is 0 Å². The molecule has 0 spiro atoms. The number of thiophene rings is 1. The Morgan fingerprint density at radius 3 is 3.12 bits per heavy atom. The lowest BCUT2D eigenvalue weighted by atomic mass is 10.6. The van der Waals surface area contributed by atoms with Crippen LogP contribution in [0.25, 0.3) is 0 Å². The van der Waals surface area contributed by atoms with E-state index in [0.29, 0.717) is 0 Å². The molecule has 8 heavy (non-hydrogen) atoms. The Hall–Kier alpha value is -0.900. The first-order valence-electron chi connectivity index (χ1n) is 2.04. The molecular formula is C4H4N2OS. The number of nitroso groups, excluding NO2 is 1. The molecule has 1 heterocycles. The van der Waals surface area contributed by atoms with Gasteiger partial charge in [-0.1, -0.05) is 0 Å². The lowest BCUT2D eigenvalue weighted by Gasteiger charge is -1.83. The molecule has 0 saturated heterocycles. The fraction of sp³-hybridized carbons (Fsp3) is 0. The van der Waals surface area contributed by atoms with E-state index in [1.165, 1.54) is 11.3 Å². The van der Waals surface area contributed by atoms with E-state index in [-0.39, 0.29) is 0 Å². The Labute approximate surface area is 50.3 Å². The summed E-state index contributed by atoms with van der Waals surface area (Å²) >= 11 is 1.52. The zero-order valence-electron chi connectivity index (χ0n) is 4.00. The number of rotatable bonds is 2. The van der Waals surface area contributed by atoms with Crippen molar-refractivity contribution in [3.63, 3.8) is 0 Å². The summed E-state index contributed by atoms with van der Waals surface area (Å²) in [7, 11) is 0. The van der Waals surface area contributed by atoms with Gasteiger partial charge < -0.3 is 0 Å². The summed E-state index contributed by atoms with van der Waals surface area (Å²) in [6.45, 7) is 0. The highest BCUT2D eigenvalue weighted by atomic mass is 32.1. The van der Waals surface area contributed by atoms with Gasteiger partial charge in [-0.15, -0.1) is 4.91 Å². The summed E-state index contributed by atoms with van der Waals surface area (Å²) < 4.78 is 0. The number of nitrogens with one attached hydrogen (secondary N) is 1. The van der Waals surface area contributed by atoms with Crippen LogP contribution in [0.3, 0.4) is 0 Å². The van der Waals surface area contributed by atoms with E-state index in [1.807, 2.05) is 5.38 Å². The standard InChI is InChI=1S/C4H4N2OS/c7-6-5-4-1-2-8-3-4/h1-3H,(H,5,7). The molecule has 1 rings (SSSR count). The average molecular weight is 128 g/mol. The van der Waals surface area contributed by atoms with Crippen LogP contribution >= 0.6 is 11.3 Å². The van der Waals surface area contributed by atoms with E-state index in [2.05, 4.69) is 10.7 Å². The quantitative estimate of drug-likeness (QED) is 0.487. The van der Waals surface area contributed by atoms with E-state index in [9.17, 15) is 4.91 Å². The molecule has 0 atom stereocenters. The molecule has 1 N–H and O–H groups in total. The maximum Gasteiger partial charge on any atom is 0.0700 e. The first-order chi connectivity index (χ1) is 3.93. The molecule has 42 valence electrons. The smallest absolute Gasteiger partial charge is 0.0700 e. The van der Waals surface area contributed by atoms with Crippen molar-refractivity contribution >= 4 is 17.0 Å². The summed E-state index contributed by atoms with van der Waals surface area (Å²) in [4.78, 5) is 9.52. The Bertz CT molecular complexity index is 161. The maximum atomic E-state index is 9.52. The van der Waals surface area contributed by atoms with Gasteiger partial charge in [0.25, 0.3) is 0 Å². The molecule has 4 heteroatoms. The third kappa shape index (κ3) is 1.04. The predicted molar refractivity (Wildman–Crippen MR) is 33.7 cm³/mol. The van der Waals surface area contributed by atoms with Crippen LogP contribution in [0.1, 0.15) is 0 Å². The molecule has 0 saturated carbocycles. The highest BCUT2D eigenvalue weighted by Crippen LogP contribution is 2.10. The largest absolute Gasteiger partial charge is 0.241 e. The van der Waals surface area contributed by atoms with Gasteiger partial charge in [-0.3, -0.25) is 0 Å². The van der Waals surface area contributed by atoms with Crippen molar-refractivity contribution < 1.29 is 0 Å². The Morgan fingerprint density at radius 2 is 2.62 bits per heavy atom. The van der Waals surface area contributed by atoms with Crippen molar-refractivity contribution in [3.05, 3.63) is 21.7 Å². The highest BCUT2D eigenvalue weighted by Gasteiger charge is 1.85. The van der Waals surface area contributed by atoms with E-state index >= 15 is 0 Å². The number of nitrogens with zero attached hydrogens (tertiary/aromatic N) is 1. The lowest BCUT2D eigenvalue weighted by molar-refractivity contribution is 1.33. The van der Waals surface area contributed by atoms with Gasteiger partial charge in [-0.2, -0.15) is 11.3 Å². The highest BCUT2D eigenvalue weighted by molar-refractivity contribution is 7.08. The van der Waals surface area contributed by atoms with E-state index in [1.54, 1.807) is 11.4 Å². The summed E-state index contributed by atoms with van der Waals surface area (Å²) in [6.07, 6.45) is 0. The monoisotopic (exact) mass is 128 g/mol. The van der Waals surface area contributed by atoms with Crippen LogP contribution in [0.5, 0.6) is 0 Å². The predicted octanol–water partition coefficient (Wildman–Crippen LogP) is 1.84. The summed E-state index contributed by atoms with van der Waals surface area (Å²) in [5.41, 5.74) is 3.02. The first kappa shape index (κ1) is 5.24. The molecule has 0 radical (unpaired) electrons. The second kappa shape index (κ2) is 2.42. The van der Waals surface area contributed by atoms with Crippen molar-refractivity contribution in [2.75, 3.05) is 5.43 Å². The second-order valence-electron chi connectivity index (χ2n) is 1.22. The minimum Gasteiger partial charge on any atom is -0.241 e. The van der Waals surface area contributed by atoms with Gasteiger partial charge in [0.15, 0.2) is 0 Å². The SMILES string of the molecule is O=NNc1ccsc1.